The lowest BCUT2D eigenvalue weighted by Gasteiger charge is -2.22. The van der Waals surface area contributed by atoms with E-state index < -0.39 is 5.60 Å². The summed E-state index contributed by atoms with van der Waals surface area (Å²) in [6.07, 6.45) is 6.31. The number of allylic oxidation sites excluding steroid dienone is 1. The average molecular weight is 140 g/mol. The van der Waals surface area contributed by atoms with Gasteiger partial charge in [-0.15, -0.1) is 0 Å². The van der Waals surface area contributed by atoms with Gasteiger partial charge in [0.2, 0.25) is 0 Å². The van der Waals surface area contributed by atoms with Crippen LogP contribution in [0.25, 0.3) is 0 Å². The van der Waals surface area contributed by atoms with Crippen molar-refractivity contribution in [3.63, 3.8) is 0 Å². The van der Waals surface area contributed by atoms with Crippen LogP contribution in [0.5, 0.6) is 0 Å². The Balaban J connectivity index is 2.67. The molecule has 1 aliphatic carbocycles. The van der Waals surface area contributed by atoms with Gasteiger partial charge in [0.1, 0.15) is 0 Å². The van der Waals surface area contributed by atoms with Crippen molar-refractivity contribution in [2.45, 2.75) is 45.1 Å². The lowest BCUT2D eigenvalue weighted by atomic mass is 9.93. The molecule has 0 radical (unpaired) electrons. The highest BCUT2D eigenvalue weighted by molar-refractivity contribution is 5.14. The smallest absolute Gasteiger partial charge is 0.0854 e. The molecule has 0 aromatic heterocycles. The molecule has 0 atom stereocenters. The molecule has 1 aliphatic rings. The van der Waals surface area contributed by atoms with Crippen LogP contribution in [0.3, 0.4) is 0 Å². The molecule has 1 heteroatoms. The van der Waals surface area contributed by atoms with E-state index in [1.807, 2.05) is 19.9 Å². The highest BCUT2D eigenvalue weighted by Gasteiger charge is 2.31. The molecule has 0 aromatic rings. The van der Waals surface area contributed by atoms with Gasteiger partial charge in [0.15, 0.2) is 0 Å². The SMILES string of the molecule is C/C=C(\C)C1(O)CCCC1. The topological polar surface area (TPSA) is 20.2 Å². The average Bonchev–Trinajstić information content (AvgIpc) is 2.36. The highest BCUT2D eigenvalue weighted by atomic mass is 16.3. The summed E-state index contributed by atoms with van der Waals surface area (Å²) in [6, 6.07) is 0. The van der Waals surface area contributed by atoms with Crippen LogP contribution in [0, 0.1) is 0 Å². The Kier molecular flexibility index (Phi) is 2.14. The summed E-state index contributed by atoms with van der Waals surface area (Å²) >= 11 is 0. The minimum Gasteiger partial charge on any atom is -0.386 e. The number of hydrogen-bond donors (Lipinski definition) is 1. The standard InChI is InChI=1S/C9H16O/c1-3-8(2)9(10)6-4-5-7-9/h3,10H,4-7H2,1-2H3/b8-3+. The zero-order chi connectivity index (χ0) is 7.61. The van der Waals surface area contributed by atoms with E-state index in [9.17, 15) is 5.11 Å². The number of aliphatic hydroxyl groups is 1. The maximum atomic E-state index is 9.89. The van der Waals surface area contributed by atoms with Crippen LogP contribution in [0.1, 0.15) is 39.5 Å². The van der Waals surface area contributed by atoms with Gasteiger partial charge in [-0.1, -0.05) is 18.9 Å². The molecule has 0 saturated heterocycles. The van der Waals surface area contributed by atoms with Crippen LogP contribution >= 0.6 is 0 Å². The van der Waals surface area contributed by atoms with Crippen LogP contribution in [-0.2, 0) is 0 Å². The van der Waals surface area contributed by atoms with E-state index >= 15 is 0 Å². The van der Waals surface area contributed by atoms with Crippen molar-refractivity contribution >= 4 is 0 Å². The third kappa shape index (κ3) is 1.24. The molecule has 0 aliphatic heterocycles. The van der Waals surface area contributed by atoms with Crippen LogP contribution in [0.4, 0.5) is 0 Å². The minimum atomic E-state index is -0.436. The van der Waals surface area contributed by atoms with Crippen LogP contribution in [0.15, 0.2) is 11.6 Å². The molecular formula is C9H16O. The van der Waals surface area contributed by atoms with Crippen LogP contribution in [-0.4, -0.2) is 10.7 Å². The summed E-state index contributed by atoms with van der Waals surface area (Å²) in [6.45, 7) is 4.01. The highest BCUT2D eigenvalue weighted by Crippen LogP contribution is 2.35. The van der Waals surface area contributed by atoms with E-state index in [1.54, 1.807) is 0 Å². The maximum absolute atomic E-state index is 9.89. The van der Waals surface area contributed by atoms with Crippen molar-refractivity contribution in [2.75, 3.05) is 0 Å². The molecule has 1 nitrogen and oxygen atoms in total. The second kappa shape index (κ2) is 2.75. The van der Waals surface area contributed by atoms with Gasteiger partial charge in [-0.3, -0.25) is 0 Å². The summed E-state index contributed by atoms with van der Waals surface area (Å²) in [5.74, 6) is 0. The fourth-order valence-electron chi connectivity index (χ4n) is 1.62. The lowest BCUT2D eigenvalue weighted by molar-refractivity contribution is 0.0862. The molecule has 0 aromatic carbocycles. The van der Waals surface area contributed by atoms with Gasteiger partial charge in [0.25, 0.3) is 0 Å². The van der Waals surface area contributed by atoms with Gasteiger partial charge in [-0.25, -0.2) is 0 Å². The molecule has 0 amide bonds. The zero-order valence-electron chi connectivity index (χ0n) is 6.85. The first kappa shape index (κ1) is 7.80. The Hall–Kier alpha value is -0.300. The zero-order valence-corrected chi connectivity index (χ0v) is 6.85. The summed E-state index contributed by atoms with van der Waals surface area (Å²) in [5.41, 5.74) is 0.708. The number of rotatable bonds is 1. The quantitative estimate of drug-likeness (QED) is 0.554. The molecule has 0 spiro atoms. The molecule has 1 fully saturated rings. The summed E-state index contributed by atoms with van der Waals surface area (Å²) in [4.78, 5) is 0. The van der Waals surface area contributed by atoms with E-state index in [4.69, 9.17) is 0 Å². The van der Waals surface area contributed by atoms with Crippen molar-refractivity contribution in [1.82, 2.24) is 0 Å². The number of hydrogen-bond acceptors (Lipinski definition) is 1. The Bertz CT molecular complexity index is 141. The monoisotopic (exact) mass is 140 g/mol. The Morgan fingerprint density at radius 1 is 1.40 bits per heavy atom. The van der Waals surface area contributed by atoms with Crippen molar-refractivity contribution < 1.29 is 5.11 Å². The van der Waals surface area contributed by atoms with Crippen LogP contribution in [0.2, 0.25) is 0 Å². The molecule has 1 N–H and O–H groups in total. The molecule has 1 saturated carbocycles. The van der Waals surface area contributed by atoms with E-state index in [0.29, 0.717) is 0 Å². The molecule has 58 valence electrons. The van der Waals surface area contributed by atoms with E-state index in [-0.39, 0.29) is 0 Å². The van der Waals surface area contributed by atoms with Gasteiger partial charge < -0.3 is 5.11 Å². The van der Waals surface area contributed by atoms with Crippen molar-refractivity contribution in [3.05, 3.63) is 11.6 Å². The molecule has 10 heavy (non-hydrogen) atoms. The predicted molar refractivity (Wildman–Crippen MR) is 42.8 cm³/mol. The third-order valence-electron chi connectivity index (χ3n) is 2.60. The summed E-state index contributed by atoms with van der Waals surface area (Å²) in [5, 5.41) is 9.89. The maximum Gasteiger partial charge on any atom is 0.0854 e. The molecule has 0 heterocycles. The fourth-order valence-corrected chi connectivity index (χ4v) is 1.62. The van der Waals surface area contributed by atoms with Gasteiger partial charge in [-0.2, -0.15) is 0 Å². The lowest BCUT2D eigenvalue weighted by Crippen LogP contribution is -2.25. The Morgan fingerprint density at radius 2 is 1.90 bits per heavy atom. The molecular weight excluding hydrogens is 124 g/mol. The minimum absolute atomic E-state index is 0.436. The Morgan fingerprint density at radius 3 is 2.30 bits per heavy atom. The van der Waals surface area contributed by atoms with Crippen molar-refractivity contribution in [2.24, 2.45) is 0 Å². The summed E-state index contributed by atoms with van der Waals surface area (Å²) < 4.78 is 0. The van der Waals surface area contributed by atoms with Gasteiger partial charge in [-0.05, 0) is 32.3 Å². The van der Waals surface area contributed by atoms with Crippen molar-refractivity contribution in [1.29, 1.82) is 0 Å². The second-order valence-electron chi connectivity index (χ2n) is 3.21. The predicted octanol–water partition coefficient (Wildman–Crippen LogP) is 2.26. The van der Waals surface area contributed by atoms with E-state index in [2.05, 4.69) is 0 Å². The second-order valence-corrected chi connectivity index (χ2v) is 3.21. The van der Waals surface area contributed by atoms with Crippen LogP contribution < -0.4 is 0 Å². The first-order chi connectivity index (χ1) is 4.69. The first-order valence-corrected chi connectivity index (χ1v) is 4.05. The first-order valence-electron chi connectivity index (χ1n) is 4.05. The molecule has 0 bridgehead atoms. The molecule has 1 rings (SSSR count). The fraction of sp³-hybridized carbons (Fsp3) is 0.778. The van der Waals surface area contributed by atoms with Crippen molar-refractivity contribution in [3.8, 4) is 0 Å². The van der Waals surface area contributed by atoms with Gasteiger partial charge >= 0.3 is 0 Å². The summed E-state index contributed by atoms with van der Waals surface area (Å²) in [7, 11) is 0. The van der Waals surface area contributed by atoms with E-state index in [0.717, 1.165) is 18.4 Å². The largest absolute Gasteiger partial charge is 0.386 e. The molecule has 0 unspecified atom stereocenters. The van der Waals surface area contributed by atoms with E-state index in [1.165, 1.54) is 12.8 Å². The normalized spacial score (nSPS) is 25.3. The third-order valence-corrected chi connectivity index (χ3v) is 2.60. The Labute approximate surface area is 62.8 Å². The van der Waals surface area contributed by atoms with Gasteiger partial charge in [0.05, 0.1) is 5.60 Å². The van der Waals surface area contributed by atoms with Gasteiger partial charge in [0, 0.05) is 0 Å².